The van der Waals surface area contributed by atoms with Crippen molar-refractivity contribution < 1.29 is 9.53 Å². The number of rotatable bonds is 5. The highest BCUT2D eigenvalue weighted by molar-refractivity contribution is 5.86. The number of carbonyl (C=O) groups excluding carboxylic acids is 1. The minimum atomic E-state index is -0.346. The van der Waals surface area contributed by atoms with Crippen molar-refractivity contribution in [2.24, 2.45) is 0 Å². The number of aryl methyl sites for hydroxylation is 3. The number of fused-ring (bicyclic) bond motifs is 8. The van der Waals surface area contributed by atoms with Gasteiger partial charge in [-0.15, -0.1) is 0 Å². The number of nitrogens with zero attached hydrogens (tertiary/aromatic N) is 2. The fraction of sp³-hybridized carbons (Fsp3) is 0.300. The predicted octanol–water partition coefficient (Wildman–Crippen LogP) is 6.83. The Morgan fingerprint density at radius 2 is 1.19 bits per heavy atom. The monoisotopic (exact) mass is 480 g/mol. The van der Waals surface area contributed by atoms with Gasteiger partial charge < -0.3 is 14.7 Å². The lowest BCUT2D eigenvalue weighted by Crippen LogP contribution is -2.01. The average Bonchev–Trinajstić information content (AvgIpc) is 3.65. The molecule has 3 aromatic heterocycles. The second kappa shape index (κ2) is 9.61. The molecule has 5 heterocycles. The molecule has 0 aliphatic carbocycles. The van der Waals surface area contributed by atoms with Gasteiger partial charge in [0.15, 0.2) is 5.75 Å². The van der Waals surface area contributed by atoms with Crippen molar-refractivity contribution in [3.63, 3.8) is 0 Å². The van der Waals surface area contributed by atoms with Crippen LogP contribution in [0, 0.1) is 0 Å². The quantitative estimate of drug-likeness (QED) is 0.270. The molecule has 3 aromatic rings. The summed E-state index contributed by atoms with van der Waals surface area (Å²) in [6, 6.07) is 6.19. The second-order valence-electron chi connectivity index (χ2n) is 9.06. The molecule has 6 heteroatoms. The van der Waals surface area contributed by atoms with Gasteiger partial charge in [-0.05, 0) is 67.7 Å². The molecular weight excluding hydrogens is 448 g/mol. The lowest BCUT2D eigenvalue weighted by atomic mass is 10.1. The van der Waals surface area contributed by atoms with E-state index >= 15 is 0 Å². The molecule has 2 aliphatic rings. The number of H-pyrrole nitrogens is 2. The van der Waals surface area contributed by atoms with Gasteiger partial charge in [0.05, 0.1) is 28.3 Å². The number of esters is 1. The Morgan fingerprint density at radius 1 is 0.694 bits per heavy atom. The third-order valence-electron chi connectivity index (χ3n) is 6.93. The number of carbonyl (C=O) groups is 1. The zero-order valence-electron chi connectivity index (χ0n) is 21.6. The normalized spacial score (nSPS) is 12.4. The maximum atomic E-state index is 12.0. The average molecular weight is 481 g/mol. The molecule has 8 bridgehead atoms. The van der Waals surface area contributed by atoms with Crippen molar-refractivity contribution in [3.8, 4) is 5.75 Å². The van der Waals surface area contributed by atoms with Crippen molar-refractivity contribution in [1.82, 2.24) is 19.9 Å². The summed E-state index contributed by atoms with van der Waals surface area (Å²) in [7, 11) is 0. The van der Waals surface area contributed by atoms with E-state index in [2.05, 4.69) is 74.1 Å². The Bertz CT molecular complexity index is 1580. The van der Waals surface area contributed by atoms with Crippen LogP contribution < -0.4 is 4.74 Å². The number of aromatic amines is 2. The summed E-state index contributed by atoms with van der Waals surface area (Å²) in [6.45, 7) is 9.96. The van der Waals surface area contributed by atoms with Crippen molar-refractivity contribution in [2.45, 2.75) is 60.3 Å². The van der Waals surface area contributed by atoms with Gasteiger partial charge >= 0.3 is 5.97 Å². The van der Waals surface area contributed by atoms with Crippen molar-refractivity contribution in [3.05, 3.63) is 63.2 Å². The van der Waals surface area contributed by atoms with Crippen LogP contribution in [-0.2, 0) is 30.5 Å². The third-order valence-corrected chi connectivity index (χ3v) is 6.93. The summed E-state index contributed by atoms with van der Waals surface area (Å²) < 4.78 is 5.69. The van der Waals surface area contributed by atoms with E-state index in [0.717, 1.165) is 87.2 Å². The highest BCUT2D eigenvalue weighted by atomic mass is 16.5. The highest BCUT2D eigenvalue weighted by Crippen LogP contribution is 2.32. The zero-order chi connectivity index (χ0) is 25.4. The summed E-state index contributed by atoms with van der Waals surface area (Å²) in [5.74, 6) is 0.185. The fourth-order valence-electron chi connectivity index (χ4n) is 5.22. The van der Waals surface area contributed by atoms with Gasteiger partial charge in [-0.2, -0.15) is 0 Å². The van der Waals surface area contributed by atoms with Gasteiger partial charge in [0.25, 0.3) is 0 Å². The lowest BCUT2D eigenvalue weighted by Gasteiger charge is -2.03. The van der Waals surface area contributed by atoms with E-state index in [1.807, 2.05) is 6.07 Å². The minimum Gasteiger partial charge on any atom is -0.424 e. The molecule has 0 aromatic carbocycles. The van der Waals surface area contributed by atoms with Gasteiger partial charge in [0.1, 0.15) is 0 Å². The number of nitrogens with one attached hydrogen (secondary N) is 2. The van der Waals surface area contributed by atoms with E-state index in [-0.39, 0.29) is 5.97 Å². The SMILES string of the molecule is CCc1c2nc(c(CC)c3ccc([nH]3)c(CC)c3cc(OC(C)=O)c([nH]3)c(CC)c3nc1C=C3)C=C2. The van der Waals surface area contributed by atoms with Crippen LogP contribution in [0.25, 0.3) is 46.4 Å². The van der Waals surface area contributed by atoms with Crippen LogP contribution >= 0.6 is 0 Å². The van der Waals surface area contributed by atoms with E-state index in [1.165, 1.54) is 12.5 Å². The summed E-state index contributed by atoms with van der Waals surface area (Å²) >= 11 is 0. The Labute approximate surface area is 211 Å². The standard InChI is InChI=1S/C30H32N4O2/c1-6-18-22-10-11-23(31-22)19(7-2)25-14-15-27(33-25)21(9-4)30-29(36-17(5)35)16-28(34-30)20(8-3)26-13-12-24(18)32-26/h10-16,32,34H,6-9H2,1-5H3. The summed E-state index contributed by atoms with van der Waals surface area (Å²) in [4.78, 5) is 29.3. The molecular formula is C30H32N4O2. The first kappa shape index (κ1) is 23.8. The minimum absolute atomic E-state index is 0.346. The molecule has 2 aliphatic heterocycles. The number of aromatic nitrogens is 4. The molecule has 0 unspecified atom stereocenters. The maximum absolute atomic E-state index is 12.0. The first-order valence-corrected chi connectivity index (χ1v) is 12.8. The fourth-order valence-corrected chi connectivity index (χ4v) is 5.22. The molecule has 36 heavy (non-hydrogen) atoms. The molecule has 0 radical (unpaired) electrons. The molecule has 184 valence electrons. The first-order chi connectivity index (χ1) is 17.5. The van der Waals surface area contributed by atoms with E-state index in [4.69, 9.17) is 14.7 Å². The van der Waals surface area contributed by atoms with Crippen LogP contribution in [0.2, 0.25) is 0 Å². The number of hydrogen-bond acceptors (Lipinski definition) is 4. The van der Waals surface area contributed by atoms with Crippen LogP contribution in [0.4, 0.5) is 0 Å². The van der Waals surface area contributed by atoms with Gasteiger partial charge in [-0.25, -0.2) is 9.97 Å². The summed E-state index contributed by atoms with van der Waals surface area (Å²) in [5, 5.41) is 0. The van der Waals surface area contributed by atoms with Gasteiger partial charge in [-0.1, -0.05) is 27.7 Å². The van der Waals surface area contributed by atoms with Crippen molar-refractivity contribution >= 4 is 52.3 Å². The molecule has 0 spiro atoms. The zero-order valence-corrected chi connectivity index (χ0v) is 21.6. The van der Waals surface area contributed by atoms with Crippen molar-refractivity contribution in [1.29, 1.82) is 0 Å². The summed E-state index contributed by atoms with van der Waals surface area (Å²) in [6.07, 6.45) is 11.5. The van der Waals surface area contributed by atoms with Gasteiger partial charge in [-0.3, -0.25) is 4.79 Å². The topological polar surface area (TPSA) is 83.7 Å². The molecule has 0 fully saturated rings. The third kappa shape index (κ3) is 4.06. The molecule has 5 rings (SSSR count). The lowest BCUT2D eigenvalue weighted by molar-refractivity contribution is -0.131. The largest absolute Gasteiger partial charge is 0.424 e. The van der Waals surface area contributed by atoms with Gasteiger partial charge in [0, 0.05) is 46.2 Å². The van der Waals surface area contributed by atoms with Crippen LogP contribution in [0.1, 0.15) is 79.6 Å². The second-order valence-corrected chi connectivity index (χ2v) is 9.06. The number of ether oxygens (including phenoxy) is 1. The summed E-state index contributed by atoms with van der Waals surface area (Å²) in [5.41, 5.74) is 12.0. The Balaban J connectivity index is 2.00. The molecule has 2 N–H and O–H groups in total. The van der Waals surface area contributed by atoms with Crippen LogP contribution in [0.15, 0.2) is 18.2 Å². The van der Waals surface area contributed by atoms with E-state index in [9.17, 15) is 4.79 Å². The molecule has 0 saturated heterocycles. The molecule has 0 atom stereocenters. The Hall–Kier alpha value is -3.93. The smallest absolute Gasteiger partial charge is 0.308 e. The van der Waals surface area contributed by atoms with E-state index in [0.29, 0.717) is 5.75 Å². The van der Waals surface area contributed by atoms with E-state index in [1.54, 1.807) is 0 Å². The van der Waals surface area contributed by atoms with Crippen molar-refractivity contribution in [2.75, 3.05) is 0 Å². The van der Waals surface area contributed by atoms with Crippen LogP contribution in [0.5, 0.6) is 5.75 Å². The Morgan fingerprint density at radius 3 is 1.72 bits per heavy atom. The highest BCUT2D eigenvalue weighted by Gasteiger charge is 2.17. The first-order valence-electron chi connectivity index (χ1n) is 12.8. The van der Waals surface area contributed by atoms with Crippen LogP contribution in [-0.4, -0.2) is 25.9 Å². The molecule has 0 amide bonds. The van der Waals surface area contributed by atoms with E-state index < -0.39 is 0 Å². The van der Waals surface area contributed by atoms with Gasteiger partial charge in [0.2, 0.25) is 0 Å². The predicted molar refractivity (Wildman–Crippen MR) is 148 cm³/mol. The molecule has 0 saturated carbocycles. The Kier molecular flexibility index (Phi) is 6.35. The number of hydrogen-bond donors (Lipinski definition) is 2. The molecule has 6 nitrogen and oxygen atoms in total. The van der Waals surface area contributed by atoms with Crippen LogP contribution in [0.3, 0.4) is 0 Å². The maximum Gasteiger partial charge on any atom is 0.308 e.